The molecule has 1 aliphatic rings. The number of hydrogen-bond donors (Lipinski definition) is 0. The second kappa shape index (κ2) is 2.08. The van der Waals surface area contributed by atoms with Crippen molar-refractivity contribution in [2.75, 3.05) is 0 Å². The molecule has 4 heteroatoms. The predicted molar refractivity (Wildman–Crippen MR) is 39.9 cm³/mol. The second-order valence-corrected chi connectivity index (χ2v) is 2.44. The standard InChI is InChI=1S/C7H5BN2O/c8-10-4-5-2-1-3-9-6(5)7(10)11/h1-3H,4H2. The molecule has 0 unspecified atom stereocenters. The SMILES string of the molecule is [B]N1Cc2cccnc2C1=O. The lowest BCUT2D eigenvalue weighted by Crippen LogP contribution is -2.19. The summed E-state index contributed by atoms with van der Waals surface area (Å²) < 4.78 is 0. The van der Waals surface area contributed by atoms with Crippen LogP contribution >= 0.6 is 0 Å². The van der Waals surface area contributed by atoms with E-state index < -0.39 is 0 Å². The first-order chi connectivity index (χ1) is 5.29. The molecule has 0 saturated heterocycles. The first-order valence-electron chi connectivity index (χ1n) is 3.29. The van der Waals surface area contributed by atoms with Gasteiger partial charge in [-0.3, -0.25) is 9.78 Å². The van der Waals surface area contributed by atoms with Crippen molar-refractivity contribution in [2.24, 2.45) is 0 Å². The highest BCUT2D eigenvalue weighted by Gasteiger charge is 2.23. The third-order valence-electron chi connectivity index (χ3n) is 1.70. The van der Waals surface area contributed by atoms with Crippen LogP contribution in [0.5, 0.6) is 0 Å². The molecule has 52 valence electrons. The van der Waals surface area contributed by atoms with E-state index in [2.05, 4.69) is 4.98 Å². The monoisotopic (exact) mass is 144 g/mol. The van der Waals surface area contributed by atoms with Crippen molar-refractivity contribution in [3.05, 3.63) is 29.6 Å². The zero-order chi connectivity index (χ0) is 7.84. The quantitative estimate of drug-likeness (QED) is 0.484. The largest absolute Gasteiger partial charge is 0.387 e. The Balaban J connectivity index is 2.55. The molecule has 0 spiro atoms. The maximum Gasteiger partial charge on any atom is 0.260 e. The van der Waals surface area contributed by atoms with Crippen LogP contribution in [-0.4, -0.2) is 23.7 Å². The third kappa shape index (κ3) is 0.825. The summed E-state index contributed by atoms with van der Waals surface area (Å²) in [5.41, 5.74) is 1.38. The molecule has 3 nitrogen and oxygen atoms in total. The van der Waals surface area contributed by atoms with Gasteiger partial charge in [0.05, 0.1) is 0 Å². The van der Waals surface area contributed by atoms with E-state index in [1.54, 1.807) is 12.3 Å². The molecular formula is C7H5BN2O. The minimum absolute atomic E-state index is 0.194. The van der Waals surface area contributed by atoms with E-state index in [0.29, 0.717) is 12.2 Å². The summed E-state index contributed by atoms with van der Waals surface area (Å²) in [6.07, 6.45) is 1.59. The smallest absolute Gasteiger partial charge is 0.260 e. The van der Waals surface area contributed by atoms with Crippen LogP contribution in [-0.2, 0) is 6.54 Å². The number of hydrogen-bond acceptors (Lipinski definition) is 2. The van der Waals surface area contributed by atoms with Crippen LogP contribution in [0.4, 0.5) is 0 Å². The van der Waals surface area contributed by atoms with Gasteiger partial charge in [-0.15, -0.1) is 0 Å². The molecule has 0 atom stereocenters. The van der Waals surface area contributed by atoms with Gasteiger partial charge in [-0.25, -0.2) is 0 Å². The summed E-state index contributed by atoms with van der Waals surface area (Å²) in [6.45, 7) is 0.474. The average Bonchev–Trinajstić information content (AvgIpc) is 2.30. The van der Waals surface area contributed by atoms with Gasteiger partial charge in [-0.1, -0.05) is 6.07 Å². The average molecular weight is 144 g/mol. The van der Waals surface area contributed by atoms with Crippen molar-refractivity contribution in [2.45, 2.75) is 6.54 Å². The maximum atomic E-state index is 11.1. The molecule has 0 fully saturated rings. The van der Waals surface area contributed by atoms with E-state index in [4.69, 9.17) is 7.98 Å². The van der Waals surface area contributed by atoms with Crippen LogP contribution in [0.15, 0.2) is 18.3 Å². The van der Waals surface area contributed by atoms with Crippen molar-refractivity contribution in [1.29, 1.82) is 0 Å². The lowest BCUT2D eigenvalue weighted by Gasteiger charge is -2.04. The zero-order valence-corrected chi connectivity index (χ0v) is 5.82. The van der Waals surface area contributed by atoms with Crippen LogP contribution in [0.3, 0.4) is 0 Å². The van der Waals surface area contributed by atoms with E-state index >= 15 is 0 Å². The number of nitrogens with zero attached hydrogens (tertiary/aromatic N) is 2. The zero-order valence-electron chi connectivity index (χ0n) is 5.82. The fraction of sp³-hybridized carbons (Fsp3) is 0.143. The highest BCUT2D eigenvalue weighted by Crippen LogP contribution is 2.17. The van der Waals surface area contributed by atoms with E-state index in [0.717, 1.165) is 10.4 Å². The molecule has 1 amide bonds. The van der Waals surface area contributed by atoms with Crippen molar-refractivity contribution in [3.8, 4) is 0 Å². The van der Waals surface area contributed by atoms with Crippen molar-refractivity contribution in [1.82, 2.24) is 9.79 Å². The summed E-state index contributed by atoms with van der Waals surface area (Å²) in [4.78, 5) is 16.2. The van der Waals surface area contributed by atoms with E-state index in [-0.39, 0.29) is 5.91 Å². The molecule has 1 aromatic rings. The minimum atomic E-state index is -0.194. The molecule has 0 aromatic carbocycles. The lowest BCUT2D eigenvalue weighted by atomic mass is 10.2. The Morgan fingerprint density at radius 3 is 3.18 bits per heavy atom. The number of aromatic nitrogens is 1. The van der Waals surface area contributed by atoms with Crippen LogP contribution in [0.25, 0.3) is 0 Å². The molecule has 0 aliphatic carbocycles. The topological polar surface area (TPSA) is 33.2 Å². The van der Waals surface area contributed by atoms with E-state index in [9.17, 15) is 4.79 Å². The summed E-state index contributed by atoms with van der Waals surface area (Å²) in [6, 6.07) is 3.65. The van der Waals surface area contributed by atoms with E-state index in [1.165, 1.54) is 0 Å². The van der Waals surface area contributed by atoms with Gasteiger partial charge in [0.25, 0.3) is 5.91 Å². The van der Waals surface area contributed by atoms with Gasteiger partial charge in [0, 0.05) is 18.3 Å². The van der Waals surface area contributed by atoms with Gasteiger partial charge < -0.3 is 4.81 Å². The highest BCUT2D eigenvalue weighted by molar-refractivity contribution is 6.19. The Labute approximate surface area is 65.5 Å². The normalized spacial score (nSPS) is 15.3. The summed E-state index contributed by atoms with van der Waals surface area (Å²) in [5, 5.41) is 0. The Morgan fingerprint density at radius 2 is 2.45 bits per heavy atom. The van der Waals surface area contributed by atoms with Crippen LogP contribution in [0, 0.1) is 0 Å². The first-order valence-corrected chi connectivity index (χ1v) is 3.29. The highest BCUT2D eigenvalue weighted by atomic mass is 16.2. The Hall–Kier alpha value is -1.32. The molecule has 0 N–H and O–H groups in total. The number of carbonyl (C=O) groups excluding carboxylic acids is 1. The van der Waals surface area contributed by atoms with Gasteiger partial charge in [0.1, 0.15) is 5.69 Å². The number of rotatable bonds is 0. The number of fused-ring (bicyclic) bond motifs is 1. The number of carbonyl (C=O) groups is 1. The molecule has 2 heterocycles. The summed E-state index contributed by atoms with van der Waals surface area (Å²) >= 11 is 0. The maximum absolute atomic E-state index is 11.1. The van der Waals surface area contributed by atoms with Gasteiger partial charge in [-0.05, 0) is 6.07 Å². The van der Waals surface area contributed by atoms with Gasteiger partial charge in [-0.2, -0.15) is 0 Å². The molecule has 11 heavy (non-hydrogen) atoms. The van der Waals surface area contributed by atoms with Crippen LogP contribution in [0.1, 0.15) is 16.1 Å². The van der Waals surface area contributed by atoms with E-state index in [1.807, 2.05) is 6.07 Å². The molecule has 1 aliphatic heterocycles. The number of pyridine rings is 1. The molecular weight excluding hydrogens is 139 g/mol. The predicted octanol–water partition coefficient (Wildman–Crippen LogP) is 0.121. The molecule has 2 radical (unpaired) electrons. The molecule has 0 saturated carbocycles. The molecule has 1 aromatic heterocycles. The fourth-order valence-corrected chi connectivity index (χ4v) is 1.15. The molecule has 2 rings (SSSR count). The summed E-state index contributed by atoms with van der Waals surface area (Å²) in [7, 11) is 5.37. The van der Waals surface area contributed by atoms with Gasteiger partial charge in [0.15, 0.2) is 0 Å². The Kier molecular flexibility index (Phi) is 1.21. The number of amides is 1. The fourth-order valence-electron chi connectivity index (χ4n) is 1.15. The molecule has 0 bridgehead atoms. The van der Waals surface area contributed by atoms with Crippen molar-refractivity contribution < 1.29 is 4.79 Å². The first kappa shape index (κ1) is 6.40. The third-order valence-corrected chi connectivity index (χ3v) is 1.70. The van der Waals surface area contributed by atoms with Crippen LogP contribution < -0.4 is 0 Å². The van der Waals surface area contributed by atoms with Crippen LogP contribution in [0.2, 0.25) is 0 Å². The van der Waals surface area contributed by atoms with Crippen molar-refractivity contribution >= 4 is 13.9 Å². The van der Waals surface area contributed by atoms with Crippen molar-refractivity contribution in [3.63, 3.8) is 0 Å². The van der Waals surface area contributed by atoms with Gasteiger partial charge >= 0.3 is 0 Å². The Bertz CT molecular complexity index is 313. The lowest BCUT2D eigenvalue weighted by molar-refractivity contribution is 0.0876. The summed E-state index contributed by atoms with van der Waals surface area (Å²) in [5.74, 6) is -0.194. The Morgan fingerprint density at radius 1 is 1.64 bits per heavy atom. The minimum Gasteiger partial charge on any atom is -0.387 e. The van der Waals surface area contributed by atoms with Gasteiger partial charge in [0.2, 0.25) is 7.98 Å². The second-order valence-electron chi connectivity index (χ2n) is 2.44.